The van der Waals surface area contributed by atoms with Crippen LogP contribution >= 0.6 is 0 Å². The number of hydrogen-bond acceptors (Lipinski definition) is 3. The molecule has 0 amide bonds. The summed E-state index contributed by atoms with van der Waals surface area (Å²) in [6.07, 6.45) is 9.99. The molecule has 3 rings (SSSR count). The zero-order chi connectivity index (χ0) is 20.4. The van der Waals surface area contributed by atoms with E-state index in [1.807, 2.05) is 12.1 Å². The Morgan fingerprint density at radius 1 is 0.929 bits per heavy atom. The average molecular weight is 377 g/mol. The van der Waals surface area contributed by atoms with Gasteiger partial charge in [0.1, 0.15) is 5.75 Å². The summed E-state index contributed by atoms with van der Waals surface area (Å²) in [5, 5.41) is 0. The Morgan fingerprint density at radius 2 is 1.46 bits per heavy atom. The van der Waals surface area contributed by atoms with Gasteiger partial charge in [-0.25, -0.2) is 0 Å². The first kappa shape index (κ1) is 21.4. The van der Waals surface area contributed by atoms with Crippen LogP contribution in [0.15, 0.2) is 85.2 Å². The Balaban J connectivity index is 0.000000300. The molecule has 0 spiro atoms. The molecule has 0 aliphatic heterocycles. The molecule has 2 aromatic carbocycles. The molecule has 0 aromatic heterocycles. The Hall–Kier alpha value is -2.94. The summed E-state index contributed by atoms with van der Waals surface area (Å²) in [6.45, 7) is 6.84. The van der Waals surface area contributed by atoms with E-state index >= 15 is 0 Å². The lowest BCUT2D eigenvalue weighted by atomic mass is 9.84. The lowest BCUT2D eigenvalue weighted by Crippen LogP contribution is -2.04. The first-order chi connectivity index (χ1) is 13.5. The first-order valence-electron chi connectivity index (χ1n) is 9.82. The van der Waals surface area contributed by atoms with E-state index in [0.29, 0.717) is 11.4 Å². The summed E-state index contributed by atoms with van der Waals surface area (Å²) in [5.74, 6) is 1.70. The fourth-order valence-electron chi connectivity index (χ4n) is 3.44. The molecule has 148 valence electrons. The number of rotatable bonds is 5. The molecular weight excluding hydrogens is 344 g/mol. The SMILES string of the molecule is C=C/C(N)=C\C(=C)N.COc1ccc(-c2ccc(C3CCCCC3)cc2)cc1. The fourth-order valence-corrected chi connectivity index (χ4v) is 3.44. The second-order valence-electron chi connectivity index (χ2n) is 7.11. The molecule has 4 N–H and O–H groups in total. The van der Waals surface area contributed by atoms with E-state index in [-0.39, 0.29) is 0 Å². The van der Waals surface area contributed by atoms with Gasteiger partial charge < -0.3 is 16.2 Å². The predicted molar refractivity (Wildman–Crippen MR) is 120 cm³/mol. The van der Waals surface area contributed by atoms with Gasteiger partial charge in [-0.05, 0) is 59.7 Å². The van der Waals surface area contributed by atoms with Crippen LogP contribution in [0, 0.1) is 0 Å². The maximum Gasteiger partial charge on any atom is 0.118 e. The van der Waals surface area contributed by atoms with Gasteiger partial charge in [0.25, 0.3) is 0 Å². The number of hydrogen-bond donors (Lipinski definition) is 2. The Labute approximate surface area is 169 Å². The maximum absolute atomic E-state index is 5.28. The number of benzene rings is 2. The zero-order valence-electron chi connectivity index (χ0n) is 16.9. The topological polar surface area (TPSA) is 61.3 Å². The average Bonchev–Trinajstić information content (AvgIpc) is 2.74. The number of ether oxygens (including phenoxy) is 1. The summed E-state index contributed by atoms with van der Waals surface area (Å²) in [6, 6.07) is 17.4. The number of allylic oxidation sites excluding steroid dienone is 2. The largest absolute Gasteiger partial charge is 0.497 e. The van der Waals surface area contributed by atoms with Crippen molar-refractivity contribution in [1.82, 2.24) is 0 Å². The van der Waals surface area contributed by atoms with Gasteiger partial charge in [-0.2, -0.15) is 0 Å². The van der Waals surface area contributed by atoms with Crippen molar-refractivity contribution in [3.8, 4) is 16.9 Å². The van der Waals surface area contributed by atoms with E-state index in [1.165, 1.54) is 54.9 Å². The van der Waals surface area contributed by atoms with Crippen molar-refractivity contribution in [2.75, 3.05) is 7.11 Å². The molecule has 28 heavy (non-hydrogen) atoms. The molecule has 1 aliphatic carbocycles. The second-order valence-corrected chi connectivity index (χ2v) is 7.11. The van der Waals surface area contributed by atoms with Gasteiger partial charge in [0.15, 0.2) is 0 Å². The molecule has 1 saturated carbocycles. The van der Waals surface area contributed by atoms with E-state index in [4.69, 9.17) is 16.2 Å². The van der Waals surface area contributed by atoms with Gasteiger partial charge in [0.05, 0.1) is 7.11 Å². The summed E-state index contributed by atoms with van der Waals surface area (Å²) in [4.78, 5) is 0. The van der Waals surface area contributed by atoms with Crippen LogP contribution < -0.4 is 16.2 Å². The minimum absolute atomic E-state index is 0.447. The monoisotopic (exact) mass is 376 g/mol. The van der Waals surface area contributed by atoms with Crippen molar-refractivity contribution in [2.45, 2.75) is 38.0 Å². The van der Waals surface area contributed by atoms with Crippen LogP contribution in [0.4, 0.5) is 0 Å². The smallest absolute Gasteiger partial charge is 0.118 e. The molecule has 1 aliphatic rings. The Kier molecular flexibility index (Phi) is 8.41. The van der Waals surface area contributed by atoms with Crippen LogP contribution in [0.2, 0.25) is 0 Å². The van der Waals surface area contributed by atoms with E-state index in [1.54, 1.807) is 13.2 Å². The Morgan fingerprint density at radius 3 is 1.89 bits per heavy atom. The predicted octanol–water partition coefficient (Wildman–Crippen LogP) is 5.90. The standard InChI is InChI=1S/C19H22O.C6H10N2/c1-20-19-13-11-18(12-14-19)17-9-7-16(8-10-17)15-5-3-2-4-6-15;1-3-6(8)4-5(2)7/h7-15H,2-6H2,1H3;3-4H,1-2,7-8H2/b;6-4+. The number of methoxy groups -OCH3 is 1. The molecule has 0 atom stereocenters. The highest BCUT2D eigenvalue weighted by Gasteiger charge is 2.15. The van der Waals surface area contributed by atoms with Crippen LogP contribution in [-0.2, 0) is 0 Å². The molecule has 3 heteroatoms. The summed E-state index contributed by atoms with van der Waals surface area (Å²) in [5.41, 5.74) is 15.5. The molecule has 3 nitrogen and oxygen atoms in total. The van der Waals surface area contributed by atoms with Crippen molar-refractivity contribution in [3.05, 3.63) is 90.8 Å². The van der Waals surface area contributed by atoms with Crippen molar-refractivity contribution in [3.63, 3.8) is 0 Å². The Bertz CT molecular complexity index is 782. The van der Waals surface area contributed by atoms with Crippen LogP contribution in [0.1, 0.15) is 43.6 Å². The lowest BCUT2D eigenvalue weighted by Gasteiger charge is -2.22. The van der Waals surface area contributed by atoms with Crippen molar-refractivity contribution < 1.29 is 4.74 Å². The van der Waals surface area contributed by atoms with Crippen molar-refractivity contribution >= 4 is 0 Å². The third-order valence-electron chi connectivity index (χ3n) is 5.00. The molecule has 1 fully saturated rings. The third-order valence-corrected chi connectivity index (χ3v) is 5.00. The van der Waals surface area contributed by atoms with Gasteiger partial charge >= 0.3 is 0 Å². The highest BCUT2D eigenvalue weighted by Crippen LogP contribution is 2.33. The maximum atomic E-state index is 5.28. The molecule has 0 unspecified atom stereocenters. The second kappa shape index (κ2) is 11.0. The minimum Gasteiger partial charge on any atom is -0.497 e. The third kappa shape index (κ3) is 6.66. The van der Waals surface area contributed by atoms with Gasteiger partial charge in [0.2, 0.25) is 0 Å². The quantitative estimate of drug-likeness (QED) is 0.639. The van der Waals surface area contributed by atoms with Crippen molar-refractivity contribution in [2.24, 2.45) is 11.5 Å². The van der Waals surface area contributed by atoms with E-state index < -0.39 is 0 Å². The van der Waals surface area contributed by atoms with Crippen molar-refractivity contribution in [1.29, 1.82) is 0 Å². The van der Waals surface area contributed by atoms with Gasteiger partial charge in [-0.1, -0.05) is 68.8 Å². The van der Waals surface area contributed by atoms with Crippen LogP contribution in [0.3, 0.4) is 0 Å². The summed E-state index contributed by atoms with van der Waals surface area (Å²) >= 11 is 0. The first-order valence-corrected chi connectivity index (χ1v) is 9.82. The molecule has 0 heterocycles. The van der Waals surface area contributed by atoms with E-state index in [9.17, 15) is 0 Å². The lowest BCUT2D eigenvalue weighted by molar-refractivity contribution is 0.415. The normalized spacial score (nSPS) is 14.5. The molecule has 0 radical (unpaired) electrons. The van der Waals surface area contributed by atoms with Crippen LogP contribution in [0.5, 0.6) is 5.75 Å². The number of nitrogens with two attached hydrogens (primary N) is 2. The van der Waals surface area contributed by atoms with Gasteiger partial charge in [-0.3, -0.25) is 0 Å². The summed E-state index contributed by atoms with van der Waals surface area (Å²) in [7, 11) is 1.70. The van der Waals surface area contributed by atoms with E-state index in [0.717, 1.165) is 11.7 Å². The fraction of sp³-hybridized carbons (Fsp3) is 0.280. The van der Waals surface area contributed by atoms with Crippen LogP contribution in [0.25, 0.3) is 11.1 Å². The molecular formula is C25H32N2O. The molecule has 0 saturated heterocycles. The van der Waals surface area contributed by atoms with E-state index in [2.05, 4.69) is 49.6 Å². The highest BCUT2D eigenvalue weighted by atomic mass is 16.5. The van der Waals surface area contributed by atoms with Crippen LogP contribution in [-0.4, -0.2) is 7.11 Å². The molecule has 0 bridgehead atoms. The highest BCUT2D eigenvalue weighted by molar-refractivity contribution is 5.64. The zero-order valence-corrected chi connectivity index (χ0v) is 16.9. The van der Waals surface area contributed by atoms with Gasteiger partial charge in [0, 0.05) is 11.4 Å². The molecule has 2 aromatic rings. The van der Waals surface area contributed by atoms with Gasteiger partial charge in [-0.15, -0.1) is 0 Å². The minimum atomic E-state index is 0.447. The summed E-state index contributed by atoms with van der Waals surface area (Å²) < 4.78 is 5.20.